The van der Waals surface area contributed by atoms with Crippen molar-refractivity contribution in [3.05, 3.63) is 35.9 Å². The van der Waals surface area contributed by atoms with Crippen molar-refractivity contribution >= 4 is 23.9 Å². The summed E-state index contributed by atoms with van der Waals surface area (Å²) in [5, 5.41) is 0. The number of hydrogen-bond acceptors (Lipinski definition) is 10. The molecule has 1 aliphatic heterocycles. The van der Waals surface area contributed by atoms with E-state index in [1.165, 1.54) is 13.8 Å². The van der Waals surface area contributed by atoms with Crippen LogP contribution in [0.2, 0.25) is 0 Å². The Morgan fingerprint density at radius 2 is 1.32 bits per heavy atom. The molecule has 170 valence electrons. The molecule has 0 aromatic heterocycles. The number of rotatable bonds is 8. The molecule has 10 nitrogen and oxygen atoms in total. The van der Waals surface area contributed by atoms with Crippen molar-refractivity contribution in [1.82, 2.24) is 0 Å². The molecule has 0 aliphatic carbocycles. The molecule has 0 amide bonds. The zero-order chi connectivity index (χ0) is 23.0. The molecule has 5 atom stereocenters. The molecule has 0 radical (unpaired) electrons. The quantitative estimate of drug-likeness (QED) is 0.433. The Bertz CT molecular complexity index is 778. The van der Waals surface area contributed by atoms with Crippen molar-refractivity contribution in [3.63, 3.8) is 0 Å². The van der Waals surface area contributed by atoms with Gasteiger partial charge in [-0.25, -0.2) is 0 Å². The molecule has 10 heteroatoms. The van der Waals surface area contributed by atoms with E-state index < -0.39 is 54.6 Å². The van der Waals surface area contributed by atoms with Gasteiger partial charge < -0.3 is 28.4 Å². The van der Waals surface area contributed by atoms with Crippen LogP contribution in [0, 0.1) is 0 Å². The Labute approximate surface area is 179 Å². The molecule has 0 saturated carbocycles. The van der Waals surface area contributed by atoms with E-state index in [9.17, 15) is 19.2 Å². The first kappa shape index (κ1) is 24.3. The van der Waals surface area contributed by atoms with Gasteiger partial charge in [0.15, 0.2) is 24.6 Å². The number of esters is 4. The summed E-state index contributed by atoms with van der Waals surface area (Å²) in [6.07, 6.45) is -5.92. The maximum atomic E-state index is 11.8. The fourth-order valence-electron chi connectivity index (χ4n) is 3.08. The highest BCUT2D eigenvalue weighted by molar-refractivity contribution is 5.68. The third kappa shape index (κ3) is 7.65. The summed E-state index contributed by atoms with van der Waals surface area (Å²) in [6, 6.07) is 9.14. The lowest BCUT2D eigenvalue weighted by Crippen LogP contribution is -2.62. The summed E-state index contributed by atoms with van der Waals surface area (Å²) in [5.74, 6) is -2.66. The highest BCUT2D eigenvalue weighted by Crippen LogP contribution is 2.30. The van der Waals surface area contributed by atoms with Crippen molar-refractivity contribution < 1.29 is 47.6 Å². The van der Waals surface area contributed by atoms with Gasteiger partial charge in [0.05, 0.1) is 6.61 Å². The molecule has 0 N–H and O–H groups in total. The fourth-order valence-corrected chi connectivity index (χ4v) is 3.08. The summed E-state index contributed by atoms with van der Waals surface area (Å²) < 4.78 is 32.6. The van der Waals surface area contributed by atoms with Crippen LogP contribution in [-0.4, -0.2) is 61.2 Å². The molecule has 1 heterocycles. The van der Waals surface area contributed by atoms with Crippen molar-refractivity contribution in [1.29, 1.82) is 0 Å². The van der Waals surface area contributed by atoms with E-state index >= 15 is 0 Å². The molecule has 0 spiro atoms. The van der Waals surface area contributed by atoms with Gasteiger partial charge >= 0.3 is 23.9 Å². The SMILES string of the molecule is CC(=O)OCC1OC(OCc2ccccc2)C(OC(C)=O)C(OC(C)=O)C1OC(C)=O. The van der Waals surface area contributed by atoms with Gasteiger partial charge in [-0.2, -0.15) is 0 Å². The number of carbonyl (C=O) groups is 4. The van der Waals surface area contributed by atoms with E-state index in [0.29, 0.717) is 0 Å². The summed E-state index contributed by atoms with van der Waals surface area (Å²) in [4.78, 5) is 46.5. The molecule has 2 rings (SSSR count). The summed E-state index contributed by atoms with van der Waals surface area (Å²) in [5.41, 5.74) is 0.815. The second-order valence-corrected chi connectivity index (χ2v) is 6.86. The maximum Gasteiger partial charge on any atom is 0.303 e. The monoisotopic (exact) mass is 438 g/mol. The minimum absolute atomic E-state index is 0.0918. The van der Waals surface area contributed by atoms with E-state index in [4.69, 9.17) is 28.4 Å². The van der Waals surface area contributed by atoms with Crippen LogP contribution in [0.25, 0.3) is 0 Å². The molecule has 1 fully saturated rings. The van der Waals surface area contributed by atoms with Gasteiger partial charge in [0.25, 0.3) is 0 Å². The lowest BCUT2D eigenvalue weighted by molar-refractivity contribution is -0.310. The topological polar surface area (TPSA) is 124 Å². The van der Waals surface area contributed by atoms with Gasteiger partial charge in [-0.15, -0.1) is 0 Å². The molecule has 0 bridgehead atoms. The van der Waals surface area contributed by atoms with Gasteiger partial charge in [-0.1, -0.05) is 30.3 Å². The molecule has 5 unspecified atom stereocenters. The molecule has 1 aromatic carbocycles. The van der Waals surface area contributed by atoms with Gasteiger partial charge in [0, 0.05) is 27.7 Å². The van der Waals surface area contributed by atoms with Crippen LogP contribution in [0.1, 0.15) is 33.3 Å². The molecule has 1 aromatic rings. The zero-order valence-electron chi connectivity index (χ0n) is 17.8. The standard InChI is InChI=1S/C21H26O10/c1-12(22)26-11-17-18(28-13(2)23)19(29-14(3)24)20(30-15(4)25)21(31-17)27-10-16-8-6-5-7-9-16/h5-9,17-21H,10-11H2,1-4H3. The first-order valence-electron chi connectivity index (χ1n) is 9.63. The smallest absolute Gasteiger partial charge is 0.303 e. The fraction of sp³-hybridized carbons (Fsp3) is 0.524. The first-order valence-corrected chi connectivity index (χ1v) is 9.63. The van der Waals surface area contributed by atoms with Crippen molar-refractivity contribution in [3.8, 4) is 0 Å². The highest BCUT2D eigenvalue weighted by atomic mass is 16.7. The second-order valence-electron chi connectivity index (χ2n) is 6.86. The van der Waals surface area contributed by atoms with E-state index in [1.807, 2.05) is 30.3 Å². The molecular weight excluding hydrogens is 412 g/mol. The van der Waals surface area contributed by atoms with Crippen LogP contribution in [0.3, 0.4) is 0 Å². The lowest BCUT2D eigenvalue weighted by Gasteiger charge is -2.44. The van der Waals surface area contributed by atoms with Crippen LogP contribution in [0.15, 0.2) is 30.3 Å². The third-order valence-electron chi connectivity index (χ3n) is 4.21. The Morgan fingerprint density at radius 1 is 0.774 bits per heavy atom. The Morgan fingerprint density at radius 3 is 1.87 bits per heavy atom. The largest absolute Gasteiger partial charge is 0.463 e. The Hall–Kier alpha value is -2.98. The normalized spacial score (nSPS) is 25.2. The van der Waals surface area contributed by atoms with E-state index in [0.717, 1.165) is 19.4 Å². The van der Waals surface area contributed by atoms with Crippen LogP contribution in [0.4, 0.5) is 0 Å². The summed E-state index contributed by atoms with van der Waals surface area (Å²) >= 11 is 0. The average molecular weight is 438 g/mol. The Balaban J connectivity index is 2.35. The average Bonchev–Trinajstić information content (AvgIpc) is 2.68. The van der Waals surface area contributed by atoms with Crippen molar-refractivity contribution in [2.24, 2.45) is 0 Å². The lowest BCUT2D eigenvalue weighted by atomic mass is 9.98. The summed E-state index contributed by atoms with van der Waals surface area (Å²) in [6.45, 7) is 4.49. The molecule has 1 saturated heterocycles. The zero-order valence-corrected chi connectivity index (χ0v) is 17.8. The van der Waals surface area contributed by atoms with Gasteiger partial charge in [-0.05, 0) is 5.56 Å². The van der Waals surface area contributed by atoms with E-state index in [1.54, 1.807) is 0 Å². The minimum atomic E-state index is -1.25. The number of hydrogen-bond donors (Lipinski definition) is 0. The predicted molar refractivity (Wildman–Crippen MR) is 103 cm³/mol. The third-order valence-corrected chi connectivity index (χ3v) is 4.21. The predicted octanol–water partition coefficient (Wildman–Crippen LogP) is 1.29. The Kier molecular flexibility index (Phi) is 8.95. The number of benzene rings is 1. The first-order chi connectivity index (χ1) is 14.7. The second kappa shape index (κ2) is 11.4. The molecule has 31 heavy (non-hydrogen) atoms. The van der Waals surface area contributed by atoms with Gasteiger partial charge in [0.1, 0.15) is 12.7 Å². The molecule has 1 aliphatic rings. The van der Waals surface area contributed by atoms with Crippen LogP contribution in [-0.2, 0) is 54.2 Å². The van der Waals surface area contributed by atoms with E-state index in [2.05, 4.69) is 0 Å². The van der Waals surface area contributed by atoms with Crippen LogP contribution < -0.4 is 0 Å². The van der Waals surface area contributed by atoms with Gasteiger partial charge in [0.2, 0.25) is 0 Å². The molecular formula is C21H26O10. The maximum absolute atomic E-state index is 11.8. The van der Waals surface area contributed by atoms with Gasteiger partial charge in [-0.3, -0.25) is 19.2 Å². The van der Waals surface area contributed by atoms with Crippen LogP contribution in [0.5, 0.6) is 0 Å². The summed E-state index contributed by atoms with van der Waals surface area (Å²) in [7, 11) is 0. The van der Waals surface area contributed by atoms with Crippen molar-refractivity contribution in [2.75, 3.05) is 6.61 Å². The van der Waals surface area contributed by atoms with Crippen LogP contribution >= 0.6 is 0 Å². The minimum Gasteiger partial charge on any atom is -0.463 e. The number of ether oxygens (including phenoxy) is 6. The van der Waals surface area contributed by atoms with Crippen molar-refractivity contribution in [2.45, 2.75) is 65.0 Å². The number of carbonyl (C=O) groups excluding carboxylic acids is 4. The van der Waals surface area contributed by atoms with E-state index in [-0.39, 0.29) is 13.2 Å². The highest BCUT2D eigenvalue weighted by Gasteiger charge is 2.52.